The van der Waals surface area contributed by atoms with Crippen molar-refractivity contribution in [2.45, 2.75) is 39.2 Å². The number of ether oxygens (including phenoxy) is 1. The zero-order chi connectivity index (χ0) is 23.2. The molecule has 3 aromatic rings. The lowest BCUT2D eigenvalue weighted by Gasteiger charge is -2.23. The van der Waals surface area contributed by atoms with E-state index in [9.17, 15) is 14.4 Å². The highest BCUT2D eigenvalue weighted by atomic mass is 16.5. The molecule has 8 heteroatoms. The second kappa shape index (κ2) is 10.3. The van der Waals surface area contributed by atoms with Gasteiger partial charge in [0, 0.05) is 24.2 Å². The van der Waals surface area contributed by atoms with Crippen LogP contribution in [0.15, 0.2) is 53.3 Å². The number of aromatic nitrogens is 2. The number of benzene rings is 2. The molecule has 1 amide bonds. The van der Waals surface area contributed by atoms with Crippen LogP contribution in [0.4, 0.5) is 11.5 Å². The number of esters is 1. The van der Waals surface area contributed by atoms with E-state index in [1.54, 1.807) is 37.3 Å². The lowest BCUT2D eigenvalue weighted by molar-refractivity contribution is -0.117. The van der Waals surface area contributed by atoms with Crippen molar-refractivity contribution in [1.82, 2.24) is 9.78 Å². The molecule has 33 heavy (non-hydrogen) atoms. The second-order valence-corrected chi connectivity index (χ2v) is 8.08. The van der Waals surface area contributed by atoms with Crippen LogP contribution in [0.5, 0.6) is 0 Å². The predicted octanol–water partition coefficient (Wildman–Crippen LogP) is 3.59. The van der Waals surface area contributed by atoms with Crippen LogP contribution in [0.25, 0.3) is 10.8 Å². The van der Waals surface area contributed by atoms with Crippen molar-refractivity contribution in [3.05, 3.63) is 64.4 Å². The quantitative estimate of drug-likeness (QED) is 0.579. The molecule has 0 aliphatic carbocycles. The van der Waals surface area contributed by atoms with Crippen LogP contribution in [0, 0.1) is 0 Å². The molecular weight excluding hydrogens is 420 g/mol. The first kappa shape index (κ1) is 22.5. The van der Waals surface area contributed by atoms with Crippen LogP contribution in [-0.2, 0) is 16.1 Å². The Kier molecular flexibility index (Phi) is 7.02. The first-order valence-corrected chi connectivity index (χ1v) is 11.4. The van der Waals surface area contributed by atoms with Crippen LogP contribution >= 0.6 is 0 Å². The van der Waals surface area contributed by atoms with Crippen LogP contribution in [0.1, 0.15) is 43.0 Å². The van der Waals surface area contributed by atoms with Crippen molar-refractivity contribution < 1.29 is 14.3 Å². The van der Waals surface area contributed by atoms with E-state index in [-0.39, 0.29) is 18.7 Å². The molecule has 0 bridgehead atoms. The number of hydrogen-bond donors (Lipinski definition) is 1. The summed E-state index contributed by atoms with van der Waals surface area (Å²) in [7, 11) is 0. The van der Waals surface area contributed by atoms with Crippen molar-refractivity contribution in [3.63, 3.8) is 0 Å². The van der Waals surface area contributed by atoms with Crippen molar-refractivity contribution in [3.8, 4) is 0 Å². The average molecular weight is 449 g/mol. The molecule has 1 aliphatic heterocycles. The number of amides is 1. The van der Waals surface area contributed by atoms with E-state index in [4.69, 9.17) is 4.74 Å². The molecule has 1 aliphatic rings. The van der Waals surface area contributed by atoms with Crippen molar-refractivity contribution in [2.75, 3.05) is 29.9 Å². The van der Waals surface area contributed by atoms with Gasteiger partial charge in [0.2, 0.25) is 5.91 Å². The van der Waals surface area contributed by atoms with Crippen molar-refractivity contribution in [1.29, 1.82) is 0 Å². The highest BCUT2D eigenvalue weighted by molar-refractivity contribution is 5.95. The summed E-state index contributed by atoms with van der Waals surface area (Å²) in [5, 5.41) is 8.72. The third kappa shape index (κ3) is 5.22. The minimum absolute atomic E-state index is 0.228. The maximum atomic E-state index is 13.1. The third-order valence-corrected chi connectivity index (χ3v) is 5.70. The van der Waals surface area contributed by atoms with E-state index >= 15 is 0 Å². The minimum atomic E-state index is -0.455. The molecule has 172 valence electrons. The molecule has 1 fully saturated rings. The molecule has 1 N–H and O–H groups in total. The van der Waals surface area contributed by atoms with Gasteiger partial charge in [-0.05, 0) is 44.0 Å². The predicted molar refractivity (Wildman–Crippen MR) is 128 cm³/mol. The highest BCUT2D eigenvalue weighted by Crippen LogP contribution is 2.24. The van der Waals surface area contributed by atoms with E-state index in [0.717, 1.165) is 37.1 Å². The van der Waals surface area contributed by atoms with Crippen LogP contribution in [0.3, 0.4) is 0 Å². The SMILES string of the molecule is CCOC(=O)c1cccc(NC(=O)Cn2nc(N3CCCCCC3)c3ccccc3c2=O)c1. The molecule has 0 unspecified atom stereocenters. The number of carbonyl (C=O) groups excluding carboxylic acids is 2. The first-order chi connectivity index (χ1) is 16.1. The van der Waals surface area contributed by atoms with Gasteiger partial charge in [-0.25, -0.2) is 9.48 Å². The lowest BCUT2D eigenvalue weighted by Crippen LogP contribution is -2.33. The first-order valence-electron chi connectivity index (χ1n) is 11.4. The summed E-state index contributed by atoms with van der Waals surface area (Å²) in [5.74, 6) is -0.116. The molecule has 0 spiro atoms. The maximum Gasteiger partial charge on any atom is 0.338 e. The highest BCUT2D eigenvalue weighted by Gasteiger charge is 2.19. The molecule has 0 atom stereocenters. The van der Waals surface area contributed by atoms with Gasteiger partial charge in [0.05, 0.1) is 17.6 Å². The fourth-order valence-electron chi connectivity index (χ4n) is 4.12. The largest absolute Gasteiger partial charge is 0.462 e. The Morgan fingerprint density at radius 1 is 1.00 bits per heavy atom. The van der Waals surface area contributed by atoms with E-state index in [2.05, 4.69) is 15.3 Å². The van der Waals surface area contributed by atoms with Crippen LogP contribution < -0.4 is 15.8 Å². The average Bonchev–Trinajstić information content (AvgIpc) is 3.11. The monoisotopic (exact) mass is 448 g/mol. The molecule has 2 aromatic carbocycles. The number of rotatable bonds is 6. The zero-order valence-electron chi connectivity index (χ0n) is 18.8. The molecule has 8 nitrogen and oxygen atoms in total. The van der Waals surface area contributed by atoms with E-state index in [1.165, 1.54) is 17.5 Å². The zero-order valence-corrected chi connectivity index (χ0v) is 18.8. The number of hydrogen-bond acceptors (Lipinski definition) is 6. The fourth-order valence-corrected chi connectivity index (χ4v) is 4.12. The smallest absolute Gasteiger partial charge is 0.338 e. The summed E-state index contributed by atoms with van der Waals surface area (Å²) in [4.78, 5) is 40.0. The fraction of sp³-hybridized carbons (Fsp3) is 0.360. The summed E-state index contributed by atoms with van der Waals surface area (Å²) in [6.07, 6.45) is 4.52. The Balaban J connectivity index is 1.60. The number of fused-ring (bicyclic) bond motifs is 1. The lowest BCUT2D eigenvalue weighted by atomic mass is 10.1. The van der Waals surface area contributed by atoms with E-state index in [1.807, 2.05) is 18.2 Å². The van der Waals surface area contributed by atoms with Gasteiger partial charge in [-0.1, -0.05) is 37.1 Å². The molecule has 1 aromatic heterocycles. The number of nitrogens with one attached hydrogen (secondary N) is 1. The Morgan fingerprint density at radius 3 is 2.45 bits per heavy atom. The summed E-state index contributed by atoms with van der Waals surface area (Å²) in [5.41, 5.74) is 0.492. The summed E-state index contributed by atoms with van der Waals surface area (Å²) in [6.45, 7) is 3.53. The molecule has 2 heterocycles. The Morgan fingerprint density at radius 2 is 1.73 bits per heavy atom. The third-order valence-electron chi connectivity index (χ3n) is 5.70. The number of anilines is 2. The molecule has 0 radical (unpaired) electrons. The molecule has 4 rings (SSSR count). The van der Waals surface area contributed by atoms with Crippen molar-refractivity contribution in [2.24, 2.45) is 0 Å². The maximum absolute atomic E-state index is 13.1. The van der Waals surface area contributed by atoms with Gasteiger partial charge < -0.3 is 15.0 Å². The normalized spacial score (nSPS) is 14.0. The standard InChI is InChI=1S/C25H28N4O4/c1-2-33-25(32)18-10-9-11-19(16-18)26-22(30)17-29-24(31)21-13-6-5-12-20(21)23(27-29)28-14-7-3-4-8-15-28/h5-6,9-13,16H,2-4,7-8,14-15,17H2,1H3,(H,26,30). The van der Waals surface area contributed by atoms with E-state index in [0.29, 0.717) is 16.6 Å². The number of carbonyl (C=O) groups is 2. The van der Waals surface area contributed by atoms with Gasteiger partial charge in [0.15, 0.2) is 5.82 Å². The minimum Gasteiger partial charge on any atom is -0.462 e. The number of nitrogens with zero attached hydrogens (tertiary/aromatic N) is 3. The van der Waals surface area contributed by atoms with Crippen LogP contribution in [-0.4, -0.2) is 41.4 Å². The van der Waals surface area contributed by atoms with Gasteiger partial charge in [0.25, 0.3) is 5.56 Å². The van der Waals surface area contributed by atoms with Crippen LogP contribution in [0.2, 0.25) is 0 Å². The van der Waals surface area contributed by atoms with Gasteiger partial charge in [-0.2, -0.15) is 5.10 Å². The molecule has 1 saturated heterocycles. The molecule has 0 saturated carbocycles. The summed E-state index contributed by atoms with van der Waals surface area (Å²) in [6, 6.07) is 13.9. The Bertz CT molecular complexity index is 1210. The van der Waals surface area contributed by atoms with Gasteiger partial charge in [-0.15, -0.1) is 0 Å². The van der Waals surface area contributed by atoms with Gasteiger partial charge in [-0.3, -0.25) is 9.59 Å². The van der Waals surface area contributed by atoms with Gasteiger partial charge >= 0.3 is 5.97 Å². The Hall–Kier alpha value is -3.68. The topological polar surface area (TPSA) is 93.5 Å². The second-order valence-electron chi connectivity index (χ2n) is 8.08. The Labute approximate surface area is 192 Å². The molecular formula is C25H28N4O4. The van der Waals surface area contributed by atoms with Gasteiger partial charge in [0.1, 0.15) is 6.54 Å². The summed E-state index contributed by atoms with van der Waals surface area (Å²) < 4.78 is 6.24. The summed E-state index contributed by atoms with van der Waals surface area (Å²) >= 11 is 0. The van der Waals surface area contributed by atoms with E-state index < -0.39 is 11.9 Å². The van der Waals surface area contributed by atoms with Crippen molar-refractivity contribution >= 4 is 34.2 Å².